The van der Waals surface area contributed by atoms with E-state index in [2.05, 4.69) is 4.98 Å². The van der Waals surface area contributed by atoms with E-state index in [1.165, 1.54) is 24.4 Å². The number of thiazole rings is 1. The molecule has 0 amide bonds. The normalized spacial score (nSPS) is 11.5. The number of alkyl halides is 3. The zero-order valence-electron chi connectivity index (χ0n) is 9.07. The number of benzene rings is 1. The first-order valence-corrected chi connectivity index (χ1v) is 5.89. The average Bonchev–Trinajstić information content (AvgIpc) is 2.77. The van der Waals surface area contributed by atoms with Crippen molar-refractivity contribution in [2.24, 2.45) is 0 Å². The first kappa shape index (κ1) is 12.8. The molecule has 0 aliphatic carbocycles. The number of halogens is 3. The predicted molar refractivity (Wildman–Crippen MR) is 62.3 cm³/mol. The lowest BCUT2D eigenvalue weighted by Gasteiger charge is -2.10. The second-order valence-electron chi connectivity index (χ2n) is 3.55. The van der Waals surface area contributed by atoms with Crippen molar-refractivity contribution in [3.8, 4) is 10.6 Å². The van der Waals surface area contributed by atoms with Gasteiger partial charge >= 0.3 is 6.18 Å². The molecule has 0 radical (unpaired) electrons. The second-order valence-corrected chi connectivity index (χ2v) is 4.66. The number of carbonyl (C=O) groups is 1. The Balaban J connectivity index is 2.46. The Morgan fingerprint density at radius 2 is 2.00 bits per heavy atom. The van der Waals surface area contributed by atoms with Crippen LogP contribution in [0.5, 0.6) is 0 Å². The fourth-order valence-corrected chi connectivity index (χ4v) is 2.42. The fourth-order valence-electron chi connectivity index (χ4n) is 1.53. The molecular weight excluding hydrogens is 263 g/mol. The molecular formula is C12H8F3NOS. The first-order valence-electron chi connectivity index (χ1n) is 5.07. The average molecular weight is 271 g/mol. The largest absolute Gasteiger partial charge is 0.417 e. The third-order valence-electron chi connectivity index (χ3n) is 2.30. The zero-order chi connectivity index (χ0) is 13.2. The molecule has 0 saturated carbocycles. The maximum absolute atomic E-state index is 12.8. The summed E-state index contributed by atoms with van der Waals surface area (Å²) >= 11 is 1.10. The van der Waals surface area contributed by atoms with Crippen molar-refractivity contribution in [2.75, 3.05) is 0 Å². The van der Waals surface area contributed by atoms with Gasteiger partial charge in [0.15, 0.2) is 0 Å². The predicted octanol–water partition coefficient (Wildman–Crippen LogP) is 3.57. The quantitative estimate of drug-likeness (QED) is 0.799. The molecule has 18 heavy (non-hydrogen) atoms. The molecule has 0 fully saturated rings. The Morgan fingerprint density at radius 1 is 1.28 bits per heavy atom. The van der Waals surface area contributed by atoms with Gasteiger partial charge < -0.3 is 4.79 Å². The Morgan fingerprint density at radius 3 is 2.67 bits per heavy atom. The van der Waals surface area contributed by atoms with Crippen molar-refractivity contribution in [1.82, 2.24) is 4.98 Å². The van der Waals surface area contributed by atoms with Crippen LogP contribution in [0.2, 0.25) is 0 Å². The summed E-state index contributed by atoms with van der Waals surface area (Å²) in [7, 11) is 0. The van der Waals surface area contributed by atoms with Gasteiger partial charge in [0.2, 0.25) is 0 Å². The fraction of sp³-hybridized carbons (Fsp3) is 0.167. The Hall–Kier alpha value is -1.69. The van der Waals surface area contributed by atoms with Gasteiger partial charge in [-0.2, -0.15) is 13.2 Å². The molecule has 0 bridgehead atoms. The summed E-state index contributed by atoms with van der Waals surface area (Å²) < 4.78 is 38.4. The molecule has 1 heterocycles. The molecule has 0 N–H and O–H groups in total. The number of aldehydes is 1. The molecule has 0 saturated heterocycles. The van der Waals surface area contributed by atoms with E-state index in [-0.39, 0.29) is 17.0 Å². The van der Waals surface area contributed by atoms with Gasteiger partial charge in [-0.15, -0.1) is 11.3 Å². The van der Waals surface area contributed by atoms with Crippen molar-refractivity contribution >= 4 is 17.6 Å². The van der Waals surface area contributed by atoms with Crippen LogP contribution in [0.4, 0.5) is 13.2 Å². The highest BCUT2D eigenvalue weighted by molar-refractivity contribution is 7.15. The van der Waals surface area contributed by atoms with Crippen LogP contribution in [0.3, 0.4) is 0 Å². The highest BCUT2D eigenvalue weighted by Gasteiger charge is 2.33. The van der Waals surface area contributed by atoms with Crippen LogP contribution in [0, 0.1) is 0 Å². The monoisotopic (exact) mass is 271 g/mol. The molecule has 94 valence electrons. The summed E-state index contributed by atoms with van der Waals surface area (Å²) in [6, 6.07) is 5.28. The smallest absolute Gasteiger partial charge is 0.303 e. The third-order valence-corrected chi connectivity index (χ3v) is 3.35. The lowest BCUT2D eigenvalue weighted by molar-refractivity contribution is -0.137. The minimum atomic E-state index is -4.41. The van der Waals surface area contributed by atoms with Crippen molar-refractivity contribution < 1.29 is 18.0 Å². The van der Waals surface area contributed by atoms with E-state index in [0.29, 0.717) is 11.2 Å². The Labute approximate surface area is 105 Å². The van der Waals surface area contributed by atoms with Gasteiger partial charge in [-0.3, -0.25) is 0 Å². The van der Waals surface area contributed by atoms with Crippen LogP contribution in [-0.2, 0) is 17.4 Å². The molecule has 0 aliphatic rings. The molecule has 0 aliphatic heterocycles. The lowest BCUT2D eigenvalue weighted by atomic mass is 10.1. The van der Waals surface area contributed by atoms with Gasteiger partial charge in [-0.25, -0.2) is 4.98 Å². The highest BCUT2D eigenvalue weighted by atomic mass is 32.1. The van der Waals surface area contributed by atoms with Crippen LogP contribution < -0.4 is 0 Å². The molecule has 0 atom stereocenters. The van der Waals surface area contributed by atoms with E-state index < -0.39 is 11.7 Å². The molecule has 0 spiro atoms. The van der Waals surface area contributed by atoms with Crippen LogP contribution in [0.15, 0.2) is 30.5 Å². The third kappa shape index (κ3) is 2.59. The van der Waals surface area contributed by atoms with Crippen LogP contribution >= 0.6 is 11.3 Å². The van der Waals surface area contributed by atoms with Gasteiger partial charge in [-0.05, 0) is 6.07 Å². The summed E-state index contributed by atoms with van der Waals surface area (Å²) in [5.74, 6) is 0. The summed E-state index contributed by atoms with van der Waals surface area (Å²) in [6.45, 7) is 0. The highest BCUT2D eigenvalue weighted by Crippen LogP contribution is 2.38. The van der Waals surface area contributed by atoms with Gasteiger partial charge in [0.05, 0.1) is 5.56 Å². The molecule has 2 aromatic rings. The summed E-state index contributed by atoms with van der Waals surface area (Å²) in [5, 5.41) is 0.278. The van der Waals surface area contributed by atoms with E-state index in [4.69, 9.17) is 0 Å². The van der Waals surface area contributed by atoms with Crippen molar-refractivity contribution in [3.05, 3.63) is 40.9 Å². The maximum Gasteiger partial charge on any atom is 0.417 e. The maximum atomic E-state index is 12.8. The molecule has 1 aromatic heterocycles. The van der Waals surface area contributed by atoms with Crippen molar-refractivity contribution in [1.29, 1.82) is 0 Å². The Kier molecular flexibility index (Phi) is 3.47. The van der Waals surface area contributed by atoms with Crippen LogP contribution in [0.1, 0.15) is 10.4 Å². The number of rotatable bonds is 3. The minimum absolute atomic E-state index is 0.0483. The zero-order valence-corrected chi connectivity index (χ0v) is 9.89. The van der Waals surface area contributed by atoms with Gasteiger partial charge in [-0.1, -0.05) is 18.2 Å². The SMILES string of the molecule is O=CCc1cnc(-c2ccccc2C(F)(F)F)s1. The van der Waals surface area contributed by atoms with Gasteiger partial charge in [0.1, 0.15) is 11.3 Å². The van der Waals surface area contributed by atoms with Gasteiger partial charge in [0, 0.05) is 23.1 Å². The topological polar surface area (TPSA) is 30.0 Å². The molecule has 0 unspecified atom stereocenters. The van der Waals surface area contributed by atoms with E-state index in [9.17, 15) is 18.0 Å². The van der Waals surface area contributed by atoms with Crippen molar-refractivity contribution in [3.63, 3.8) is 0 Å². The molecule has 2 nitrogen and oxygen atoms in total. The summed E-state index contributed by atoms with van der Waals surface area (Å²) in [5.41, 5.74) is -0.663. The number of aromatic nitrogens is 1. The van der Waals surface area contributed by atoms with E-state index in [1.807, 2.05) is 0 Å². The Bertz CT molecular complexity index is 562. The molecule has 2 rings (SSSR count). The van der Waals surface area contributed by atoms with E-state index in [0.717, 1.165) is 17.4 Å². The number of carbonyl (C=O) groups excluding carboxylic acids is 1. The molecule has 6 heteroatoms. The summed E-state index contributed by atoms with van der Waals surface area (Å²) in [6.07, 6.45) is -2.10. The lowest BCUT2D eigenvalue weighted by Crippen LogP contribution is -2.06. The number of nitrogens with zero attached hydrogens (tertiary/aromatic N) is 1. The van der Waals surface area contributed by atoms with E-state index in [1.54, 1.807) is 0 Å². The second kappa shape index (κ2) is 4.89. The standard InChI is InChI=1S/C12H8F3NOS/c13-12(14,15)10-4-2-1-3-9(10)11-16-7-8(18-11)5-6-17/h1-4,6-7H,5H2. The van der Waals surface area contributed by atoms with Gasteiger partial charge in [0.25, 0.3) is 0 Å². The van der Waals surface area contributed by atoms with Crippen LogP contribution in [-0.4, -0.2) is 11.3 Å². The summed E-state index contributed by atoms with van der Waals surface area (Å²) in [4.78, 5) is 14.9. The first-order chi connectivity index (χ1) is 8.52. The van der Waals surface area contributed by atoms with Crippen molar-refractivity contribution in [2.45, 2.75) is 12.6 Å². The minimum Gasteiger partial charge on any atom is -0.303 e. The van der Waals surface area contributed by atoms with Crippen LogP contribution in [0.25, 0.3) is 10.6 Å². The number of hydrogen-bond donors (Lipinski definition) is 0. The van der Waals surface area contributed by atoms with E-state index >= 15 is 0 Å². The molecule has 1 aromatic carbocycles. The number of hydrogen-bond acceptors (Lipinski definition) is 3.